The summed E-state index contributed by atoms with van der Waals surface area (Å²) in [5.41, 5.74) is 10.5. The molecule has 2 bridgehead atoms. The molecule has 0 saturated heterocycles. The number of rotatable bonds is 9. The van der Waals surface area contributed by atoms with E-state index in [1.54, 1.807) is 12.2 Å². The van der Waals surface area contributed by atoms with Crippen molar-refractivity contribution >= 4 is 21.9 Å². The Morgan fingerprint density at radius 3 is 1.81 bits per heavy atom. The number of hydrogen-bond donors (Lipinski definition) is 2. The van der Waals surface area contributed by atoms with Gasteiger partial charge in [0, 0.05) is 12.8 Å². The first kappa shape index (κ1) is 26.1. The Morgan fingerprint density at radius 2 is 1.38 bits per heavy atom. The third kappa shape index (κ3) is 4.22. The number of fused-ring (bicyclic) bond motifs is 2. The van der Waals surface area contributed by atoms with E-state index in [4.69, 9.17) is 11.5 Å². The van der Waals surface area contributed by atoms with Gasteiger partial charge >= 0.3 is 33.4 Å². The van der Waals surface area contributed by atoms with Crippen molar-refractivity contribution in [2.24, 2.45) is 40.3 Å². The first-order chi connectivity index (χ1) is 14.3. The Hall–Kier alpha value is -2.20. The van der Waals surface area contributed by atoms with Gasteiger partial charge in [-0.1, -0.05) is 17.3 Å². The number of allylic oxidation sites excluding steroid dienone is 2. The monoisotopic (exact) mass is 505 g/mol. The number of hydrogen-bond acceptors (Lipinski definition) is 5. The molecule has 1 saturated carbocycles. The standard InChI is InChI=1S/C15H16F9N3O4S/c16-12(17,14(20,21)22)13(18,19)15(23,24)32(29,30)31-27-10(25)4-8-6-1-2-7(3-6)9(8)5-11(26)28/h1-2,6-9H,3-5H2,(H2,25,27)(H2,26,28). The maximum atomic E-state index is 13.6. The van der Waals surface area contributed by atoms with Gasteiger partial charge < -0.3 is 11.5 Å². The van der Waals surface area contributed by atoms with Crippen molar-refractivity contribution in [1.82, 2.24) is 0 Å². The average molecular weight is 505 g/mol. The number of halogens is 9. The van der Waals surface area contributed by atoms with E-state index in [1.807, 2.05) is 0 Å². The summed E-state index contributed by atoms with van der Waals surface area (Å²) in [5.74, 6) is -17.6. The predicted octanol–water partition coefficient (Wildman–Crippen LogP) is 2.73. The fourth-order valence-corrected chi connectivity index (χ4v) is 4.53. The summed E-state index contributed by atoms with van der Waals surface area (Å²) in [6.07, 6.45) is -3.61. The van der Waals surface area contributed by atoms with Gasteiger partial charge in [0.25, 0.3) is 0 Å². The largest absolute Gasteiger partial charge is 0.460 e. The predicted molar refractivity (Wildman–Crippen MR) is 88.7 cm³/mol. The van der Waals surface area contributed by atoms with Gasteiger partial charge in [-0.3, -0.25) is 9.08 Å². The van der Waals surface area contributed by atoms with Crippen molar-refractivity contribution < 1.29 is 57.0 Å². The van der Waals surface area contributed by atoms with Gasteiger partial charge in [0.1, 0.15) is 5.84 Å². The number of amides is 1. The van der Waals surface area contributed by atoms with Crippen LogP contribution in [0.25, 0.3) is 0 Å². The lowest BCUT2D eigenvalue weighted by Gasteiger charge is -2.31. The highest BCUT2D eigenvalue weighted by Crippen LogP contribution is 2.55. The first-order valence-electron chi connectivity index (χ1n) is 8.68. The zero-order chi connectivity index (χ0) is 24.9. The number of amidine groups is 1. The number of alkyl halides is 9. The van der Waals surface area contributed by atoms with E-state index in [-0.39, 0.29) is 30.6 Å². The summed E-state index contributed by atoms with van der Waals surface area (Å²) < 4.78 is 142. The molecular formula is C15H16F9N3O4S. The molecule has 0 aliphatic heterocycles. The molecule has 0 aromatic rings. The molecule has 2 aliphatic carbocycles. The van der Waals surface area contributed by atoms with Crippen LogP contribution in [-0.2, 0) is 19.2 Å². The van der Waals surface area contributed by atoms with Crippen LogP contribution in [0.1, 0.15) is 19.3 Å². The second kappa shape index (κ2) is 7.98. The molecule has 0 heterocycles. The first-order valence-corrected chi connectivity index (χ1v) is 10.1. The van der Waals surface area contributed by atoms with Crippen LogP contribution in [0.5, 0.6) is 0 Å². The van der Waals surface area contributed by atoms with E-state index >= 15 is 0 Å². The zero-order valence-electron chi connectivity index (χ0n) is 15.6. The van der Waals surface area contributed by atoms with Crippen molar-refractivity contribution in [3.8, 4) is 0 Å². The van der Waals surface area contributed by atoms with Gasteiger partial charge in [-0.25, -0.2) is 0 Å². The smallest absolute Gasteiger partial charge is 0.384 e. The number of oxime groups is 1. The Bertz CT molecular complexity index is 918. The molecule has 184 valence electrons. The molecule has 4 N–H and O–H groups in total. The third-order valence-corrected chi connectivity index (χ3v) is 6.52. The Labute approximate surface area is 174 Å². The summed E-state index contributed by atoms with van der Waals surface area (Å²) in [6.45, 7) is 0. The second-order valence-corrected chi connectivity index (χ2v) is 9.00. The van der Waals surface area contributed by atoms with Crippen LogP contribution in [0.15, 0.2) is 17.3 Å². The molecule has 17 heteroatoms. The summed E-state index contributed by atoms with van der Waals surface area (Å²) in [7, 11) is -7.15. The topological polar surface area (TPSA) is 125 Å². The molecule has 4 atom stereocenters. The van der Waals surface area contributed by atoms with Crippen LogP contribution in [0.2, 0.25) is 0 Å². The van der Waals surface area contributed by atoms with Crippen molar-refractivity contribution in [2.75, 3.05) is 0 Å². The maximum Gasteiger partial charge on any atom is 0.460 e. The van der Waals surface area contributed by atoms with Gasteiger partial charge in [-0.2, -0.15) is 47.9 Å². The summed E-state index contributed by atoms with van der Waals surface area (Å²) in [5, 5.41) is -4.53. The van der Waals surface area contributed by atoms with Crippen molar-refractivity contribution in [3.05, 3.63) is 12.2 Å². The van der Waals surface area contributed by atoms with E-state index in [2.05, 4.69) is 9.44 Å². The van der Waals surface area contributed by atoms with Crippen molar-refractivity contribution in [3.63, 3.8) is 0 Å². The second-order valence-electron chi connectivity index (χ2n) is 7.43. The van der Waals surface area contributed by atoms with Crippen LogP contribution in [0.4, 0.5) is 39.5 Å². The molecule has 0 spiro atoms. The Morgan fingerprint density at radius 1 is 0.906 bits per heavy atom. The third-order valence-electron chi connectivity index (χ3n) is 5.36. The molecular weight excluding hydrogens is 489 g/mol. The van der Waals surface area contributed by atoms with Gasteiger partial charge in [-0.05, 0) is 30.1 Å². The van der Waals surface area contributed by atoms with E-state index in [0.717, 1.165) is 0 Å². The van der Waals surface area contributed by atoms with Gasteiger partial charge in [0.05, 0.1) is 0 Å². The minimum atomic E-state index is -7.44. The van der Waals surface area contributed by atoms with Crippen molar-refractivity contribution in [2.45, 2.75) is 42.5 Å². The number of nitrogens with two attached hydrogens (primary N) is 2. The molecule has 4 unspecified atom stereocenters. The lowest BCUT2D eigenvalue weighted by molar-refractivity contribution is -0.382. The molecule has 32 heavy (non-hydrogen) atoms. The summed E-state index contributed by atoms with van der Waals surface area (Å²) in [6, 6.07) is 0. The lowest BCUT2D eigenvalue weighted by Crippen LogP contribution is -2.63. The highest BCUT2D eigenvalue weighted by molar-refractivity contribution is 7.87. The molecule has 1 fully saturated rings. The van der Waals surface area contributed by atoms with Crippen molar-refractivity contribution in [1.29, 1.82) is 0 Å². The van der Waals surface area contributed by atoms with Gasteiger partial charge in [-0.15, -0.1) is 0 Å². The fourth-order valence-electron chi connectivity index (χ4n) is 3.80. The molecule has 0 radical (unpaired) electrons. The van der Waals surface area contributed by atoms with Gasteiger partial charge in [0.15, 0.2) is 0 Å². The van der Waals surface area contributed by atoms with Crippen LogP contribution < -0.4 is 11.5 Å². The lowest BCUT2D eigenvalue weighted by atomic mass is 9.79. The molecule has 1 amide bonds. The highest BCUT2D eigenvalue weighted by Gasteiger charge is 2.86. The number of nitrogens with zero attached hydrogens (tertiary/aromatic N) is 1. The Kier molecular flexibility index (Phi) is 6.50. The summed E-state index contributed by atoms with van der Waals surface area (Å²) >= 11 is 0. The molecule has 7 nitrogen and oxygen atoms in total. The van der Waals surface area contributed by atoms with Crippen LogP contribution in [0.3, 0.4) is 0 Å². The number of carbonyl (C=O) groups excluding carboxylic acids is 1. The quantitative estimate of drug-likeness (QED) is 0.164. The normalized spacial score (nSPS) is 27.1. The van der Waals surface area contributed by atoms with Crippen LogP contribution >= 0.6 is 0 Å². The molecule has 2 rings (SSSR count). The van der Waals surface area contributed by atoms with E-state index in [0.29, 0.717) is 6.42 Å². The Balaban J connectivity index is 2.20. The molecule has 0 aromatic heterocycles. The fraction of sp³-hybridized carbons (Fsp3) is 0.733. The van der Waals surface area contributed by atoms with Crippen LogP contribution in [-0.4, -0.2) is 43.4 Å². The SMILES string of the molecule is NC(=O)CC1C2C=CC(C2)C1CC(N)=NOS(=O)(=O)C(F)(F)C(F)(F)C(F)(F)C(F)(F)F. The summed E-state index contributed by atoms with van der Waals surface area (Å²) in [4.78, 5) is 11.2. The van der Waals surface area contributed by atoms with E-state index < -0.39 is 51.1 Å². The highest BCUT2D eigenvalue weighted by atomic mass is 32.2. The number of carbonyl (C=O) groups is 1. The van der Waals surface area contributed by atoms with E-state index in [1.165, 1.54) is 0 Å². The van der Waals surface area contributed by atoms with E-state index in [9.17, 15) is 52.7 Å². The minimum absolute atomic E-state index is 0.0948. The maximum absolute atomic E-state index is 13.6. The zero-order valence-corrected chi connectivity index (χ0v) is 16.4. The average Bonchev–Trinajstić information content (AvgIpc) is 3.21. The van der Waals surface area contributed by atoms with Crippen LogP contribution in [0, 0.1) is 23.7 Å². The minimum Gasteiger partial charge on any atom is -0.384 e. The number of primary amides is 1. The molecule has 0 aromatic carbocycles. The molecule has 2 aliphatic rings. The van der Waals surface area contributed by atoms with Gasteiger partial charge in [0.2, 0.25) is 5.91 Å².